The number of phenolic OH excluding ortho intramolecular Hbond substituents is 2. The van der Waals surface area contributed by atoms with Crippen LogP contribution in [0.4, 0.5) is 0 Å². The number of carbonyl (C=O) groups excluding carboxylic acids is 1. The van der Waals surface area contributed by atoms with Crippen molar-refractivity contribution in [2.45, 2.75) is 12.8 Å². The molecular formula is C22H22O4. The maximum atomic E-state index is 12.3. The first-order chi connectivity index (χ1) is 12.5. The first-order valence-corrected chi connectivity index (χ1v) is 8.16. The van der Waals surface area contributed by atoms with E-state index in [0.29, 0.717) is 40.8 Å². The third-order valence-corrected chi connectivity index (χ3v) is 3.94. The molecule has 0 aromatic heterocycles. The monoisotopic (exact) mass is 350 g/mol. The van der Waals surface area contributed by atoms with Gasteiger partial charge in [0.05, 0.1) is 7.11 Å². The topological polar surface area (TPSA) is 66.8 Å². The molecule has 2 aromatic carbocycles. The summed E-state index contributed by atoms with van der Waals surface area (Å²) in [4.78, 5) is 12.3. The Hall–Kier alpha value is -3.27. The van der Waals surface area contributed by atoms with E-state index in [2.05, 4.69) is 13.2 Å². The fourth-order valence-corrected chi connectivity index (χ4v) is 2.69. The van der Waals surface area contributed by atoms with Crippen molar-refractivity contribution in [2.75, 3.05) is 7.11 Å². The molecule has 0 radical (unpaired) electrons. The van der Waals surface area contributed by atoms with Gasteiger partial charge in [0.1, 0.15) is 17.2 Å². The van der Waals surface area contributed by atoms with Crippen LogP contribution < -0.4 is 4.74 Å². The van der Waals surface area contributed by atoms with Gasteiger partial charge in [-0.05, 0) is 60.9 Å². The third-order valence-electron chi connectivity index (χ3n) is 3.94. The molecule has 0 atom stereocenters. The normalized spacial score (nSPS) is 10.7. The Bertz CT molecular complexity index is 845. The van der Waals surface area contributed by atoms with Crippen LogP contribution in [0.25, 0.3) is 6.08 Å². The van der Waals surface area contributed by atoms with Crippen molar-refractivity contribution >= 4 is 11.9 Å². The quantitative estimate of drug-likeness (QED) is 0.419. The number of hydrogen-bond donors (Lipinski definition) is 2. The number of phenols is 2. The number of allylic oxidation sites excluding steroid dienone is 3. The number of benzene rings is 2. The van der Waals surface area contributed by atoms with Gasteiger partial charge in [0.2, 0.25) is 0 Å². The lowest BCUT2D eigenvalue weighted by atomic mass is 9.97. The second kappa shape index (κ2) is 8.72. The summed E-state index contributed by atoms with van der Waals surface area (Å²) in [6, 6.07) is 7.83. The van der Waals surface area contributed by atoms with Gasteiger partial charge in [0.25, 0.3) is 0 Å². The SMILES string of the molecule is C=CCc1cc(C=CC(=O)c2ccc(O)cc2)c(OC)c(CC=C)c1O. The van der Waals surface area contributed by atoms with E-state index in [4.69, 9.17) is 4.74 Å². The van der Waals surface area contributed by atoms with E-state index in [1.54, 1.807) is 36.4 Å². The van der Waals surface area contributed by atoms with Crippen molar-refractivity contribution in [3.63, 3.8) is 0 Å². The molecule has 0 aliphatic heterocycles. The van der Waals surface area contributed by atoms with E-state index in [0.717, 1.165) is 0 Å². The fourth-order valence-electron chi connectivity index (χ4n) is 2.69. The second-order valence-electron chi connectivity index (χ2n) is 5.72. The molecule has 0 spiro atoms. The highest BCUT2D eigenvalue weighted by Gasteiger charge is 2.16. The zero-order chi connectivity index (χ0) is 19.1. The van der Waals surface area contributed by atoms with Crippen molar-refractivity contribution in [1.82, 2.24) is 0 Å². The molecule has 0 fully saturated rings. The molecule has 2 rings (SSSR count). The minimum absolute atomic E-state index is 0.105. The molecule has 0 amide bonds. The van der Waals surface area contributed by atoms with Gasteiger partial charge >= 0.3 is 0 Å². The zero-order valence-electron chi connectivity index (χ0n) is 14.7. The lowest BCUT2D eigenvalue weighted by molar-refractivity contribution is 0.104. The average Bonchev–Trinajstić information content (AvgIpc) is 2.64. The highest BCUT2D eigenvalue weighted by Crippen LogP contribution is 2.37. The Morgan fingerprint density at radius 2 is 1.77 bits per heavy atom. The zero-order valence-corrected chi connectivity index (χ0v) is 14.7. The Balaban J connectivity index is 2.46. The van der Waals surface area contributed by atoms with Crippen LogP contribution in [0.1, 0.15) is 27.0 Å². The molecule has 26 heavy (non-hydrogen) atoms. The van der Waals surface area contributed by atoms with E-state index in [1.807, 2.05) is 0 Å². The minimum Gasteiger partial charge on any atom is -0.508 e. The van der Waals surface area contributed by atoms with Crippen molar-refractivity contribution in [3.05, 3.63) is 84.0 Å². The molecule has 4 nitrogen and oxygen atoms in total. The summed E-state index contributed by atoms with van der Waals surface area (Å²) in [7, 11) is 1.52. The predicted octanol–water partition coefficient (Wildman–Crippen LogP) is 4.46. The van der Waals surface area contributed by atoms with Gasteiger partial charge in [-0.1, -0.05) is 12.2 Å². The molecule has 134 valence electrons. The van der Waals surface area contributed by atoms with Crippen LogP contribution in [0.5, 0.6) is 17.2 Å². The Morgan fingerprint density at radius 1 is 1.12 bits per heavy atom. The predicted molar refractivity (Wildman–Crippen MR) is 104 cm³/mol. The van der Waals surface area contributed by atoms with Crippen molar-refractivity contribution < 1.29 is 19.7 Å². The first-order valence-electron chi connectivity index (χ1n) is 8.16. The number of aromatic hydroxyl groups is 2. The Morgan fingerprint density at radius 3 is 2.35 bits per heavy atom. The van der Waals surface area contributed by atoms with E-state index in [9.17, 15) is 15.0 Å². The minimum atomic E-state index is -0.198. The molecule has 0 aliphatic carbocycles. The van der Waals surface area contributed by atoms with Crippen LogP contribution in [0.15, 0.2) is 61.7 Å². The van der Waals surface area contributed by atoms with Crippen molar-refractivity contribution in [3.8, 4) is 17.2 Å². The van der Waals surface area contributed by atoms with E-state index in [1.165, 1.54) is 25.3 Å². The molecule has 0 aliphatic rings. The van der Waals surface area contributed by atoms with Crippen LogP contribution >= 0.6 is 0 Å². The Kier molecular flexibility index (Phi) is 6.39. The van der Waals surface area contributed by atoms with Crippen LogP contribution in [-0.2, 0) is 12.8 Å². The molecule has 0 bridgehead atoms. The van der Waals surface area contributed by atoms with Crippen LogP contribution in [0.2, 0.25) is 0 Å². The summed E-state index contributed by atoms with van der Waals surface area (Å²) in [5.41, 5.74) is 2.48. The molecule has 0 saturated carbocycles. The van der Waals surface area contributed by atoms with E-state index < -0.39 is 0 Å². The van der Waals surface area contributed by atoms with E-state index >= 15 is 0 Å². The number of carbonyl (C=O) groups is 1. The summed E-state index contributed by atoms with van der Waals surface area (Å²) >= 11 is 0. The van der Waals surface area contributed by atoms with Crippen molar-refractivity contribution in [2.24, 2.45) is 0 Å². The lowest BCUT2D eigenvalue weighted by Crippen LogP contribution is -1.99. The van der Waals surface area contributed by atoms with Gasteiger partial charge in [-0.25, -0.2) is 0 Å². The second-order valence-corrected chi connectivity index (χ2v) is 5.72. The molecule has 0 saturated heterocycles. The molecule has 0 heterocycles. The molecule has 4 heteroatoms. The van der Waals surface area contributed by atoms with Crippen LogP contribution in [-0.4, -0.2) is 23.1 Å². The number of ether oxygens (including phenoxy) is 1. The van der Waals surface area contributed by atoms with E-state index in [-0.39, 0.29) is 17.3 Å². The standard InChI is InChI=1S/C22H22O4/c1-4-6-16-14-17(22(26-3)19(7-5-2)21(16)25)10-13-20(24)15-8-11-18(23)12-9-15/h4-5,8-14,23,25H,1-2,6-7H2,3H3. The molecule has 0 unspecified atom stereocenters. The summed E-state index contributed by atoms with van der Waals surface area (Å²) in [6.45, 7) is 7.43. The molecular weight excluding hydrogens is 328 g/mol. The number of hydrogen-bond acceptors (Lipinski definition) is 4. The molecule has 2 aromatic rings. The maximum absolute atomic E-state index is 12.3. The van der Waals surface area contributed by atoms with Gasteiger partial charge < -0.3 is 14.9 Å². The Labute approximate surface area is 153 Å². The fraction of sp³-hybridized carbons (Fsp3) is 0.136. The number of ketones is 1. The highest BCUT2D eigenvalue weighted by molar-refractivity contribution is 6.07. The molecule has 2 N–H and O–H groups in total. The van der Waals surface area contributed by atoms with Gasteiger partial charge in [-0.15, -0.1) is 13.2 Å². The lowest BCUT2D eigenvalue weighted by Gasteiger charge is -2.15. The van der Waals surface area contributed by atoms with Gasteiger partial charge in [0, 0.05) is 16.7 Å². The third kappa shape index (κ3) is 4.22. The largest absolute Gasteiger partial charge is 0.508 e. The average molecular weight is 350 g/mol. The van der Waals surface area contributed by atoms with Crippen LogP contribution in [0, 0.1) is 0 Å². The van der Waals surface area contributed by atoms with Gasteiger partial charge in [0.15, 0.2) is 5.78 Å². The van der Waals surface area contributed by atoms with Crippen molar-refractivity contribution in [1.29, 1.82) is 0 Å². The summed E-state index contributed by atoms with van der Waals surface area (Å²) < 4.78 is 5.47. The number of rotatable bonds is 8. The maximum Gasteiger partial charge on any atom is 0.185 e. The smallest absolute Gasteiger partial charge is 0.185 e. The van der Waals surface area contributed by atoms with Crippen LogP contribution in [0.3, 0.4) is 0 Å². The number of methoxy groups -OCH3 is 1. The summed E-state index contributed by atoms with van der Waals surface area (Å²) in [5.74, 6) is 0.568. The summed E-state index contributed by atoms with van der Waals surface area (Å²) in [6.07, 6.45) is 7.42. The van der Waals surface area contributed by atoms with Gasteiger partial charge in [-0.2, -0.15) is 0 Å². The first kappa shape index (κ1) is 19.1. The highest BCUT2D eigenvalue weighted by atomic mass is 16.5. The van der Waals surface area contributed by atoms with Gasteiger partial charge in [-0.3, -0.25) is 4.79 Å². The summed E-state index contributed by atoms with van der Waals surface area (Å²) in [5, 5.41) is 19.8.